The van der Waals surface area contributed by atoms with Crippen LogP contribution in [0.25, 0.3) is 22.2 Å². The Morgan fingerprint density at radius 1 is 1.00 bits per heavy atom. The molecule has 4 rings (SSSR count). The smallest absolute Gasteiger partial charge is 0.339 e. The molecule has 0 radical (unpaired) electrons. The zero-order valence-corrected chi connectivity index (χ0v) is 20.7. The summed E-state index contributed by atoms with van der Waals surface area (Å²) >= 11 is 0. The van der Waals surface area contributed by atoms with Crippen LogP contribution in [-0.4, -0.2) is 43.7 Å². The highest BCUT2D eigenvalue weighted by Gasteiger charge is 2.28. The molecule has 7 heteroatoms. The molecule has 7 nitrogen and oxygen atoms in total. The Morgan fingerprint density at radius 2 is 1.77 bits per heavy atom. The van der Waals surface area contributed by atoms with Crippen molar-refractivity contribution in [3.8, 4) is 22.8 Å². The minimum atomic E-state index is -0.564. The number of amides is 1. The monoisotopic (exact) mass is 476 g/mol. The molecular weight excluding hydrogens is 444 g/mol. The zero-order valence-electron chi connectivity index (χ0n) is 20.7. The van der Waals surface area contributed by atoms with Gasteiger partial charge in [0.25, 0.3) is 5.91 Å². The molecule has 1 saturated carbocycles. The van der Waals surface area contributed by atoms with Gasteiger partial charge in [-0.2, -0.15) is 0 Å². The second-order valence-electron chi connectivity index (χ2n) is 9.16. The molecule has 0 unspecified atom stereocenters. The van der Waals surface area contributed by atoms with E-state index in [1.807, 2.05) is 36.4 Å². The van der Waals surface area contributed by atoms with Gasteiger partial charge in [-0.3, -0.25) is 4.79 Å². The highest BCUT2D eigenvalue weighted by Crippen LogP contribution is 2.33. The molecule has 2 aromatic carbocycles. The Labute approximate surface area is 205 Å². The van der Waals surface area contributed by atoms with Gasteiger partial charge in [0.2, 0.25) is 0 Å². The number of hydrogen-bond acceptors (Lipinski definition) is 6. The minimum absolute atomic E-state index is 0.114. The summed E-state index contributed by atoms with van der Waals surface area (Å²) < 4.78 is 16.2. The standard InChI is InChI=1S/C28H32N2O5/c1-17-8-7-11-22(18(17)2)30-27(31)16-35-28(32)21-15-24(29-23-10-6-5-9-20(21)23)19-12-13-25(33-3)26(14-19)34-4/h5-6,9-10,12-15,17-18,22H,7-8,11,16H2,1-4H3,(H,30,31)/t17-,18-,22+/m1/s1. The normalized spacial score (nSPS) is 19.7. The van der Waals surface area contributed by atoms with Crippen molar-refractivity contribution in [3.63, 3.8) is 0 Å². The SMILES string of the molecule is COc1ccc(-c2cc(C(=O)OCC(=O)N[C@H]3CCC[C@@H](C)[C@H]3C)c3ccccc3n2)cc1OC. The molecule has 0 aliphatic heterocycles. The van der Waals surface area contributed by atoms with Crippen LogP contribution in [0.4, 0.5) is 0 Å². The molecule has 0 bridgehead atoms. The largest absolute Gasteiger partial charge is 0.493 e. The number of nitrogens with one attached hydrogen (secondary N) is 1. The van der Waals surface area contributed by atoms with Crippen molar-refractivity contribution in [2.75, 3.05) is 20.8 Å². The van der Waals surface area contributed by atoms with Gasteiger partial charge in [0.05, 0.1) is 31.0 Å². The van der Waals surface area contributed by atoms with E-state index in [4.69, 9.17) is 19.2 Å². The Kier molecular flexibility index (Phi) is 7.54. The molecule has 3 aromatic rings. The van der Waals surface area contributed by atoms with Gasteiger partial charge in [-0.1, -0.05) is 44.9 Å². The summed E-state index contributed by atoms with van der Waals surface area (Å²) in [4.78, 5) is 30.4. The lowest BCUT2D eigenvalue weighted by Crippen LogP contribution is -2.45. The number of benzene rings is 2. The molecule has 1 aromatic heterocycles. The maximum atomic E-state index is 13.1. The van der Waals surface area contributed by atoms with E-state index in [9.17, 15) is 9.59 Å². The lowest BCUT2D eigenvalue weighted by Gasteiger charge is -2.34. The molecule has 184 valence electrons. The predicted molar refractivity (Wildman–Crippen MR) is 135 cm³/mol. The molecule has 1 N–H and O–H groups in total. The van der Waals surface area contributed by atoms with Gasteiger partial charge >= 0.3 is 5.97 Å². The van der Waals surface area contributed by atoms with Gasteiger partial charge in [-0.05, 0) is 48.6 Å². The van der Waals surface area contributed by atoms with E-state index < -0.39 is 5.97 Å². The Balaban J connectivity index is 1.55. The van der Waals surface area contributed by atoms with Crippen LogP contribution < -0.4 is 14.8 Å². The van der Waals surface area contributed by atoms with Crippen LogP contribution in [0.3, 0.4) is 0 Å². The summed E-state index contributed by atoms with van der Waals surface area (Å²) in [6.45, 7) is 4.06. The second kappa shape index (κ2) is 10.8. The van der Waals surface area contributed by atoms with Crippen molar-refractivity contribution in [1.82, 2.24) is 10.3 Å². The minimum Gasteiger partial charge on any atom is -0.493 e. The van der Waals surface area contributed by atoms with Gasteiger partial charge in [0.1, 0.15) is 0 Å². The van der Waals surface area contributed by atoms with Gasteiger partial charge in [0, 0.05) is 17.0 Å². The number of carbonyl (C=O) groups is 2. The van der Waals surface area contributed by atoms with Crippen LogP contribution >= 0.6 is 0 Å². The van der Waals surface area contributed by atoms with E-state index >= 15 is 0 Å². The molecule has 1 amide bonds. The lowest BCUT2D eigenvalue weighted by molar-refractivity contribution is -0.125. The first-order valence-corrected chi connectivity index (χ1v) is 12.0. The number of hydrogen-bond donors (Lipinski definition) is 1. The van der Waals surface area contributed by atoms with Gasteiger partial charge in [0.15, 0.2) is 18.1 Å². The van der Waals surface area contributed by atoms with Crippen molar-refractivity contribution in [2.45, 2.75) is 39.2 Å². The summed E-state index contributed by atoms with van der Waals surface area (Å²) in [5.74, 6) is 1.29. The summed E-state index contributed by atoms with van der Waals surface area (Å²) in [5.41, 5.74) is 2.36. The highest BCUT2D eigenvalue weighted by atomic mass is 16.5. The van der Waals surface area contributed by atoms with E-state index in [1.165, 1.54) is 6.42 Å². The number of methoxy groups -OCH3 is 2. The first kappa shape index (κ1) is 24.5. The number of pyridine rings is 1. The molecule has 3 atom stereocenters. The number of rotatable bonds is 7. The third-order valence-corrected chi connectivity index (χ3v) is 7.00. The third-order valence-electron chi connectivity index (χ3n) is 7.00. The van der Waals surface area contributed by atoms with Crippen molar-refractivity contribution >= 4 is 22.8 Å². The number of ether oxygens (including phenoxy) is 3. The molecule has 1 heterocycles. The highest BCUT2D eigenvalue weighted by molar-refractivity contribution is 6.05. The number of para-hydroxylation sites is 1. The van der Waals surface area contributed by atoms with Crippen LogP contribution in [0.2, 0.25) is 0 Å². The van der Waals surface area contributed by atoms with E-state index in [1.54, 1.807) is 26.4 Å². The Bertz CT molecular complexity index is 1230. The quantitative estimate of drug-likeness (QED) is 0.482. The fourth-order valence-corrected chi connectivity index (χ4v) is 4.73. The zero-order chi connectivity index (χ0) is 24.9. The average Bonchev–Trinajstić information content (AvgIpc) is 2.88. The lowest BCUT2D eigenvalue weighted by atomic mass is 9.78. The van der Waals surface area contributed by atoms with Crippen LogP contribution in [0, 0.1) is 11.8 Å². The van der Waals surface area contributed by atoms with Gasteiger partial charge in [-0.15, -0.1) is 0 Å². The van der Waals surface area contributed by atoms with Crippen molar-refractivity contribution < 1.29 is 23.8 Å². The second-order valence-corrected chi connectivity index (χ2v) is 9.16. The van der Waals surface area contributed by atoms with E-state index in [0.717, 1.165) is 18.4 Å². The Morgan fingerprint density at radius 3 is 2.54 bits per heavy atom. The number of aromatic nitrogens is 1. The van der Waals surface area contributed by atoms with Crippen LogP contribution in [0.5, 0.6) is 11.5 Å². The number of fused-ring (bicyclic) bond motifs is 1. The van der Waals surface area contributed by atoms with Crippen LogP contribution in [0.1, 0.15) is 43.5 Å². The number of esters is 1. The average molecular weight is 477 g/mol. The Hall–Kier alpha value is -3.61. The topological polar surface area (TPSA) is 86.8 Å². The number of carbonyl (C=O) groups excluding carboxylic acids is 2. The molecule has 1 aliphatic rings. The first-order chi connectivity index (χ1) is 16.9. The fraction of sp³-hybridized carbons (Fsp3) is 0.393. The molecule has 0 spiro atoms. The molecule has 0 saturated heterocycles. The van der Waals surface area contributed by atoms with Gasteiger partial charge < -0.3 is 19.5 Å². The van der Waals surface area contributed by atoms with E-state index in [-0.39, 0.29) is 18.6 Å². The molecule has 35 heavy (non-hydrogen) atoms. The summed E-state index contributed by atoms with van der Waals surface area (Å²) in [7, 11) is 3.14. The van der Waals surface area contributed by atoms with Crippen molar-refractivity contribution in [3.05, 3.63) is 54.1 Å². The summed E-state index contributed by atoms with van der Waals surface area (Å²) in [5, 5.41) is 3.71. The van der Waals surface area contributed by atoms with Crippen LogP contribution in [-0.2, 0) is 9.53 Å². The van der Waals surface area contributed by atoms with Crippen molar-refractivity contribution in [2.24, 2.45) is 11.8 Å². The van der Waals surface area contributed by atoms with E-state index in [2.05, 4.69) is 19.2 Å². The molecular formula is C28H32N2O5. The number of nitrogens with zero attached hydrogens (tertiary/aromatic N) is 1. The summed E-state index contributed by atoms with van der Waals surface area (Å²) in [6.07, 6.45) is 3.23. The van der Waals surface area contributed by atoms with E-state index in [0.29, 0.717) is 45.5 Å². The first-order valence-electron chi connectivity index (χ1n) is 12.0. The van der Waals surface area contributed by atoms with Gasteiger partial charge in [-0.25, -0.2) is 9.78 Å². The molecule has 1 fully saturated rings. The maximum absolute atomic E-state index is 13.1. The summed E-state index contributed by atoms with van der Waals surface area (Å²) in [6, 6.07) is 14.6. The fourth-order valence-electron chi connectivity index (χ4n) is 4.73. The van der Waals surface area contributed by atoms with Crippen LogP contribution in [0.15, 0.2) is 48.5 Å². The van der Waals surface area contributed by atoms with Crippen molar-refractivity contribution in [1.29, 1.82) is 0 Å². The third kappa shape index (κ3) is 5.39. The molecule has 1 aliphatic carbocycles. The maximum Gasteiger partial charge on any atom is 0.339 e. The predicted octanol–water partition coefficient (Wildman–Crippen LogP) is 5.02.